The smallest absolute Gasteiger partial charge is 0.360 e. The van der Waals surface area contributed by atoms with Crippen molar-refractivity contribution in [3.8, 4) is 0 Å². The van der Waals surface area contributed by atoms with Crippen LogP contribution in [-0.2, 0) is 4.74 Å². The SMILES string of the molecule is CCOC(=O)c1nnn(C2CCC(C)CC2)c1C. The van der Waals surface area contributed by atoms with Gasteiger partial charge in [-0.15, -0.1) is 5.10 Å². The minimum absolute atomic E-state index is 0.357. The Morgan fingerprint density at radius 3 is 2.67 bits per heavy atom. The van der Waals surface area contributed by atoms with Crippen LogP contribution >= 0.6 is 0 Å². The lowest BCUT2D eigenvalue weighted by Crippen LogP contribution is -2.19. The third-order valence-corrected chi connectivity index (χ3v) is 3.73. The van der Waals surface area contributed by atoms with Crippen molar-refractivity contribution in [2.75, 3.05) is 6.61 Å². The number of esters is 1. The number of ether oxygens (including phenoxy) is 1. The van der Waals surface area contributed by atoms with Gasteiger partial charge in [-0.25, -0.2) is 9.48 Å². The molecular formula is C13H21N3O2. The van der Waals surface area contributed by atoms with Crippen molar-refractivity contribution in [1.29, 1.82) is 0 Å². The number of hydrogen-bond acceptors (Lipinski definition) is 4. The zero-order valence-corrected chi connectivity index (χ0v) is 11.3. The second-order valence-electron chi connectivity index (χ2n) is 5.10. The lowest BCUT2D eigenvalue weighted by molar-refractivity contribution is 0.0518. The molecule has 0 aliphatic heterocycles. The molecule has 1 aromatic heterocycles. The number of nitrogens with zero attached hydrogens (tertiary/aromatic N) is 3. The van der Waals surface area contributed by atoms with Crippen LogP contribution in [0.2, 0.25) is 0 Å². The summed E-state index contributed by atoms with van der Waals surface area (Å²) in [5.74, 6) is 0.431. The van der Waals surface area contributed by atoms with E-state index in [9.17, 15) is 4.79 Å². The third kappa shape index (κ3) is 2.54. The highest BCUT2D eigenvalue weighted by atomic mass is 16.5. The van der Waals surface area contributed by atoms with Gasteiger partial charge in [0.1, 0.15) is 0 Å². The molecule has 0 saturated heterocycles. The number of carbonyl (C=O) groups is 1. The first kappa shape index (κ1) is 13.1. The average Bonchev–Trinajstić information content (AvgIpc) is 2.73. The highest BCUT2D eigenvalue weighted by Gasteiger charge is 2.25. The van der Waals surface area contributed by atoms with Gasteiger partial charge < -0.3 is 4.74 Å². The summed E-state index contributed by atoms with van der Waals surface area (Å²) < 4.78 is 6.87. The molecule has 0 aromatic carbocycles. The van der Waals surface area contributed by atoms with Gasteiger partial charge in [0.25, 0.3) is 0 Å². The molecule has 0 spiro atoms. The maximum Gasteiger partial charge on any atom is 0.360 e. The summed E-state index contributed by atoms with van der Waals surface area (Å²) in [7, 11) is 0. The summed E-state index contributed by atoms with van der Waals surface area (Å²) in [5.41, 5.74) is 1.18. The molecule has 1 heterocycles. The average molecular weight is 251 g/mol. The quantitative estimate of drug-likeness (QED) is 0.774. The van der Waals surface area contributed by atoms with Crippen LogP contribution in [0.4, 0.5) is 0 Å². The molecule has 18 heavy (non-hydrogen) atoms. The van der Waals surface area contributed by atoms with Gasteiger partial charge >= 0.3 is 5.97 Å². The van der Waals surface area contributed by atoms with Gasteiger partial charge in [0.05, 0.1) is 18.3 Å². The fraction of sp³-hybridized carbons (Fsp3) is 0.769. The first-order valence-electron chi connectivity index (χ1n) is 6.72. The Labute approximate surface area is 108 Å². The van der Waals surface area contributed by atoms with E-state index in [1.807, 2.05) is 11.6 Å². The minimum Gasteiger partial charge on any atom is -0.461 e. The monoisotopic (exact) mass is 251 g/mol. The molecule has 1 aliphatic carbocycles. The molecule has 100 valence electrons. The molecule has 1 fully saturated rings. The van der Waals surface area contributed by atoms with Crippen LogP contribution < -0.4 is 0 Å². The number of carbonyl (C=O) groups excluding carboxylic acids is 1. The zero-order valence-electron chi connectivity index (χ0n) is 11.3. The van der Waals surface area contributed by atoms with Crippen LogP contribution in [0.15, 0.2) is 0 Å². The zero-order chi connectivity index (χ0) is 13.1. The Balaban J connectivity index is 2.13. The van der Waals surface area contributed by atoms with Crippen LogP contribution in [0, 0.1) is 12.8 Å². The second-order valence-corrected chi connectivity index (χ2v) is 5.10. The van der Waals surface area contributed by atoms with Crippen molar-refractivity contribution in [3.63, 3.8) is 0 Å². The molecular weight excluding hydrogens is 230 g/mol. The highest BCUT2D eigenvalue weighted by Crippen LogP contribution is 2.32. The Morgan fingerprint density at radius 2 is 2.06 bits per heavy atom. The maximum atomic E-state index is 11.7. The fourth-order valence-electron chi connectivity index (χ4n) is 2.56. The summed E-state index contributed by atoms with van der Waals surface area (Å²) in [4.78, 5) is 11.7. The van der Waals surface area contributed by atoms with Crippen molar-refractivity contribution in [1.82, 2.24) is 15.0 Å². The number of rotatable bonds is 3. The Morgan fingerprint density at radius 1 is 1.39 bits per heavy atom. The van der Waals surface area contributed by atoms with Gasteiger partial charge in [-0.05, 0) is 45.4 Å². The molecule has 0 amide bonds. The van der Waals surface area contributed by atoms with Crippen molar-refractivity contribution >= 4 is 5.97 Å². The van der Waals surface area contributed by atoms with Gasteiger partial charge in [-0.3, -0.25) is 0 Å². The van der Waals surface area contributed by atoms with E-state index < -0.39 is 0 Å². The van der Waals surface area contributed by atoms with E-state index in [1.54, 1.807) is 6.92 Å². The molecule has 1 saturated carbocycles. The summed E-state index contributed by atoms with van der Waals surface area (Å²) in [5, 5.41) is 8.10. The van der Waals surface area contributed by atoms with Crippen LogP contribution in [0.1, 0.15) is 61.8 Å². The van der Waals surface area contributed by atoms with E-state index in [0.29, 0.717) is 18.3 Å². The van der Waals surface area contributed by atoms with E-state index in [-0.39, 0.29) is 5.97 Å². The lowest BCUT2D eigenvalue weighted by Gasteiger charge is -2.26. The number of hydrogen-bond donors (Lipinski definition) is 0. The molecule has 5 nitrogen and oxygen atoms in total. The first-order chi connectivity index (χ1) is 8.63. The van der Waals surface area contributed by atoms with E-state index in [2.05, 4.69) is 17.2 Å². The standard InChI is InChI=1S/C13H21N3O2/c1-4-18-13(17)12-10(3)16(15-14-12)11-7-5-9(2)6-8-11/h9,11H,4-8H2,1-3H3. The lowest BCUT2D eigenvalue weighted by atomic mass is 9.87. The Hall–Kier alpha value is -1.39. The second kappa shape index (κ2) is 5.50. The van der Waals surface area contributed by atoms with Gasteiger partial charge in [0.15, 0.2) is 5.69 Å². The van der Waals surface area contributed by atoms with Crippen molar-refractivity contribution in [2.45, 2.75) is 52.5 Å². The molecule has 0 unspecified atom stereocenters. The van der Waals surface area contributed by atoms with Gasteiger partial charge in [0.2, 0.25) is 0 Å². The fourth-order valence-corrected chi connectivity index (χ4v) is 2.56. The topological polar surface area (TPSA) is 57.0 Å². The Kier molecular flexibility index (Phi) is 3.99. The first-order valence-corrected chi connectivity index (χ1v) is 6.72. The van der Waals surface area contributed by atoms with Crippen LogP contribution in [-0.4, -0.2) is 27.6 Å². The molecule has 0 radical (unpaired) electrons. The summed E-state index contributed by atoms with van der Waals surface area (Å²) >= 11 is 0. The summed E-state index contributed by atoms with van der Waals surface area (Å²) in [6.45, 7) is 6.34. The molecule has 0 bridgehead atoms. The van der Waals surface area contributed by atoms with E-state index in [0.717, 1.165) is 24.5 Å². The maximum absolute atomic E-state index is 11.7. The summed E-state index contributed by atoms with van der Waals surface area (Å²) in [6.07, 6.45) is 4.68. The van der Waals surface area contributed by atoms with Crippen LogP contribution in [0.25, 0.3) is 0 Å². The largest absolute Gasteiger partial charge is 0.461 e. The minimum atomic E-state index is -0.370. The predicted molar refractivity (Wildman–Crippen MR) is 67.4 cm³/mol. The molecule has 5 heteroatoms. The number of aromatic nitrogens is 3. The third-order valence-electron chi connectivity index (χ3n) is 3.73. The molecule has 0 atom stereocenters. The van der Waals surface area contributed by atoms with Crippen LogP contribution in [0.3, 0.4) is 0 Å². The Bertz CT molecular complexity index is 420. The van der Waals surface area contributed by atoms with E-state index in [4.69, 9.17) is 4.74 Å². The summed E-state index contributed by atoms with van der Waals surface area (Å²) in [6, 6.07) is 0.386. The molecule has 2 rings (SSSR count). The van der Waals surface area contributed by atoms with E-state index in [1.165, 1.54) is 12.8 Å². The van der Waals surface area contributed by atoms with Crippen molar-refractivity contribution in [3.05, 3.63) is 11.4 Å². The molecule has 1 aliphatic rings. The van der Waals surface area contributed by atoms with Crippen molar-refractivity contribution in [2.24, 2.45) is 5.92 Å². The van der Waals surface area contributed by atoms with Gasteiger partial charge in [-0.1, -0.05) is 12.1 Å². The van der Waals surface area contributed by atoms with Gasteiger partial charge in [0, 0.05) is 0 Å². The van der Waals surface area contributed by atoms with Crippen LogP contribution in [0.5, 0.6) is 0 Å². The molecule has 0 N–H and O–H groups in total. The highest BCUT2D eigenvalue weighted by molar-refractivity contribution is 5.88. The molecule has 1 aromatic rings. The predicted octanol–water partition coefficient (Wildman–Crippen LogP) is 2.51. The van der Waals surface area contributed by atoms with Gasteiger partial charge in [-0.2, -0.15) is 0 Å². The van der Waals surface area contributed by atoms with E-state index >= 15 is 0 Å². The van der Waals surface area contributed by atoms with Crippen molar-refractivity contribution < 1.29 is 9.53 Å². The normalized spacial score (nSPS) is 23.9.